The Kier molecular flexibility index (Phi) is 14.4. The molecular formula is C34H43N3O7S. The van der Waals surface area contributed by atoms with Crippen LogP contribution in [0.5, 0.6) is 5.75 Å². The van der Waals surface area contributed by atoms with Gasteiger partial charge in [-0.3, -0.25) is 4.79 Å². The van der Waals surface area contributed by atoms with E-state index < -0.39 is 5.97 Å². The van der Waals surface area contributed by atoms with Crippen molar-refractivity contribution in [3.05, 3.63) is 70.4 Å². The molecule has 10 nitrogen and oxygen atoms in total. The van der Waals surface area contributed by atoms with Crippen LogP contribution in [0.3, 0.4) is 0 Å². The fourth-order valence-electron chi connectivity index (χ4n) is 4.83. The van der Waals surface area contributed by atoms with Crippen LogP contribution in [0.4, 0.5) is 5.69 Å². The lowest BCUT2D eigenvalue weighted by Gasteiger charge is -2.22. The molecule has 1 heterocycles. The van der Waals surface area contributed by atoms with E-state index >= 15 is 0 Å². The Hall–Kier alpha value is -3.87. The highest BCUT2D eigenvalue weighted by Crippen LogP contribution is 2.42. The maximum Gasteiger partial charge on any atom is 0.336 e. The number of nitrogens with zero attached hydrogens (tertiary/aromatic N) is 1. The molecule has 0 bridgehead atoms. The maximum absolute atomic E-state index is 12.0. The second-order valence-corrected chi connectivity index (χ2v) is 11.0. The van der Waals surface area contributed by atoms with Gasteiger partial charge in [0.25, 0.3) is 0 Å². The van der Waals surface area contributed by atoms with Crippen molar-refractivity contribution < 1.29 is 28.9 Å². The summed E-state index contributed by atoms with van der Waals surface area (Å²) in [5.74, 6) is -0.0824. The number of anilines is 1. The fraction of sp³-hybridized carbons (Fsp3) is 0.382. The number of carboxylic acid groups (broad SMARTS) is 1. The third-order valence-corrected chi connectivity index (χ3v) is 7.03. The number of hydrogen-bond acceptors (Lipinski definition) is 9. The topological polar surface area (TPSA) is 134 Å². The fourth-order valence-corrected chi connectivity index (χ4v) is 4.97. The van der Waals surface area contributed by atoms with Crippen LogP contribution in [0.25, 0.3) is 33.4 Å². The van der Waals surface area contributed by atoms with Crippen LogP contribution in [0, 0.1) is 5.92 Å². The molecule has 0 fully saturated rings. The molecule has 242 valence electrons. The molecular weight excluding hydrogens is 594 g/mol. The highest BCUT2D eigenvalue weighted by atomic mass is 32.1. The predicted octanol–water partition coefficient (Wildman–Crippen LogP) is 5.55. The van der Waals surface area contributed by atoms with E-state index in [1.54, 1.807) is 24.3 Å². The van der Waals surface area contributed by atoms with E-state index in [2.05, 4.69) is 36.3 Å². The number of carbonyl (C=O) groups is 1. The normalized spacial score (nSPS) is 11.2. The van der Waals surface area contributed by atoms with Crippen LogP contribution in [0.1, 0.15) is 31.1 Å². The Bertz CT molecular complexity index is 1570. The van der Waals surface area contributed by atoms with E-state index in [-0.39, 0.29) is 16.7 Å². The van der Waals surface area contributed by atoms with E-state index in [0.29, 0.717) is 52.3 Å². The van der Waals surface area contributed by atoms with Crippen molar-refractivity contribution in [3.8, 4) is 28.2 Å². The number of carboxylic acids is 1. The number of rotatable bonds is 16. The third kappa shape index (κ3) is 10.6. The summed E-state index contributed by atoms with van der Waals surface area (Å²) in [4.78, 5) is 26.2. The number of ether oxygens (including phenoxy) is 2. The molecule has 0 atom stereocenters. The number of hydrogen-bond donors (Lipinski definition) is 4. The van der Waals surface area contributed by atoms with E-state index in [4.69, 9.17) is 26.1 Å². The Balaban J connectivity index is 0.000000281. The lowest BCUT2D eigenvalue weighted by Crippen LogP contribution is -2.31. The SMILES string of the molecule is CCN(CCOCCOCCNC)CC(C)C.O=C(O)c1cc(NC=S)ccc1-c1c2ccc(=O)cc-2oc2cc(O)ccc12. The zero-order chi connectivity index (χ0) is 32.8. The van der Waals surface area contributed by atoms with Crippen LogP contribution in [0.2, 0.25) is 0 Å². The Morgan fingerprint density at radius 1 is 1.02 bits per heavy atom. The number of phenolic OH excluding ortho intramolecular Hbond substituents is 1. The van der Waals surface area contributed by atoms with Gasteiger partial charge in [0, 0.05) is 54.0 Å². The third-order valence-electron chi connectivity index (χ3n) is 6.91. The summed E-state index contributed by atoms with van der Waals surface area (Å²) in [6.45, 7) is 13.8. The first kappa shape index (κ1) is 35.6. The van der Waals surface area contributed by atoms with Crippen molar-refractivity contribution in [2.75, 3.05) is 65.0 Å². The molecule has 0 unspecified atom stereocenters. The first-order valence-electron chi connectivity index (χ1n) is 15.0. The standard InChI is InChI=1S/C21H13NO5S.C13H30N2O2/c23-12-2-5-15-18(8-12)27-19-9-13(24)3-6-16(19)20(15)14-4-1-11(22-10-28)7-17(14)21(25)26;1-5-15(12-13(2)3)7-9-17-11-10-16-8-6-14-4/h1-10,23H,(H,22,28)(H,25,26);13-14H,5-12H2,1-4H3. The molecule has 2 aromatic carbocycles. The van der Waals surface area contributed by atoms with Crippen LogP contribution in [-0.2, 0) is 9.47 Å². The Labute approximate surface area is 269 Å². The first-order valence-corrected chi connectivity index (χ1v) is 15.5. The van der Waals surface area contributed by atoms with Gasteiger partial charge in [-0.2, -0.15) is 0 Å². The molecule has 45 heavy (non-hydrogen) atoms. The van der Waals surface area contributed by atoms with Gasteiger partial charge in [-0.25, -0.2) is 4.79 Å². The summed E-state index contributed by atoms with van der Waals surface area (Å²) in [5, 5.41) is 26.0. The summed E-state index contributed by atoms with van der Waals surface area (Å²) in [7, 11) is 1.92. The van der Waals surface area contributed by atoms with Gasteiger partial charge in [-0.15, -0.1) is 0 Å². The molecule has 11 heteroatoms. The van der Waals surface area contributed by atoms with Gasteiger partial charge in [-0.05, 0) is 61.5 Å². The lowest BCUT2D eigenvalue weighted by molar-refractivity contribution is 0.0393. The zero-order valence-corrected chi connectivity index (χ0v) is 27.1. The number of aromatic carboxylic acids is 1. The van der Waals surface area contributed by atoms with Gasteiger partial charge in [0.2, 0.25) is 0 Å². The van der Waals surface area contributed by atoms with Crippen molar-refractivity contribution in [2.24, 2.45) is 5.92 Å². The highest BCUT2D eigenvalue weighted by Gasteiger charge is 2.22. The van der Waals surface area contributed by atoms with E-state index in [1.165, 1.54) is 35.8 Å². The number of thiocarbonyl (C=S) groups is 1. The predicted molar refractivity (Wildman–Crippen MR) is 183 cm³/mol. The minimum Gasteiger partial charge on any atom is -0.508 e. The van der Waals surface area contributed by atoms with E-state index in [0.717, 1.165) is 45.3 Å². The maximum atomic E-state index is 12.0. The number of phenols is 1. The van der Waals surface area contributed by atoms with Gasteiger partial charge in [0.15, 0.2) is 5.43 Å². The second kappa shape index (κ2) is 18.2. The van der Waals surface area contributed by atoms with E-state index in [1.807, 2.05) is 7.05 Å². The van der Waals surface area contributed by atoms with Gasteiger partial charge in [-0.1, -0.05) is 39.1 Å². The minimum absolute atomic E-state index is 0.00110. The first-order chi connectivity index (χ1) is 21.7. The van der Waals surface area contributed by atoms with Crippen molar-refractivity contribution in [1.29, 1.82) is 0 Å². The summed E-state index contributed by atoms with van der Waals surface area (Å²) >= 11 is 4.77. The smallest absolute Gasteiger partial charge is 0.336 e. The molecule has 0 radical (unpaired) electrons. The summed E-state index contributed by atoms with van der Waals surface area (Å²) < 4.78 is 16.7. The van der Waals surface area contributed by atoms with Crippen LogP contribution >= 0.6 is 12.2 Å². The Morgan fingerprint density at radius 2 is 1.76 bits per heavy atom. The lowest BCUT2D eigenvalue weighted by atomic mass is 9.90. The van der Waals surface area contributed by atoms with Gasteiger partial charge in [0.05, 0.1) is 37.5 Å². The molecule has 1 aliphatic heterocycles. The molecule has 2 aliphatic rings. The van der Waals surface area contributed by atoms with Crippen molar-refractivity contribution >= 4 is 40.3 Å². The number of likely N-dealkylation sites (N-methyl/N-ethyl adjacent to an activating group) is 2. The van der Waals surface area contributed by atoms with Crippen LogP contribution < -0.4 is 16.1 Å². The molecule has 4 N–H and O–H groups in total. The molecule has 0 saturated carbocycles. The summed E-state index contributed by atoms with van der Waals surface area (Å²) in [6, 6.07) is 13.8. The average Bonchev–Trinajstić information content (AvgIpc) is 3.00. The van der Waals surface area contributed by atoms with E-state index in [9.17, 15) is 19.8 Å². The Morgan fingerprint density at radius 3 is 2.42 bits per heavy atom. The highest BCUT2D eigenvalue weighted by molar-refractivity contribution is 7.79. The molecule has 0 amide bonds. The number of fused-ring (bicyclic) bond motifs is 2. The largest absolute Gasteiger partial charge is 0.508 e. The zero-order valence-electron chi connectivity index (χ0n) is 26.3. The number of aromatic hydroxyl groups is 1. The monoisotopic (exact) mass is 637 g/mol. The number of nitrogens with one attached hydrogen (secondary N) is 2. The minimum atomic E-state index is -1.11. The molecule has 4 rings (SSSR count). The molecule has 0 aromatic heterocycles. The van der Waals surface area contributed by atoms with Crippen molar-refractivity contribution in [1.82, 2.24) is 10.2 Å². The molecule has 0 saturated heterocycles. The second-order valence-electron chi connectivity index (χ2n) is 10.8. The van der Waals surface area contributed by atoms with Gasteiger partial charge >= 0.3 is 5.97 Å². The molecule has 2 aromatic rings. The summed E-state index contributed by atoms with van der Waals surface area (Å²) in [6.07, 6.45) is 0. The number of benzene rings is 3. The average molecular weight is 638 g/mol. The molecule has 1 aliphatic carbocycles. The van der Waals surface area contributed by atoms with Gasteiger partial charge in [0.1, 0.15) is 17.1 Å². The van der Waals surface area contributed by atoms with Crippen molar-refractivity contribution in [2.45, 2.75) is 20.8 Å². The molecule has 0 spiro atoms. The van der Waals surface area contributed by atoms with Gasteiger partial charge < -0.3 is 39.6 Å². The van der Waals surface area contributed by atoms with Crippen LogP contribution in [0.15, 0.2) is 63.8 Å². The van der Waals surface area contributed by atoms with Crippen LogP contribution in [-0.4, -0.2) is 86.2 Å². The van der Waals surface area contributed by atoms with Crippen molar-refractivity contribution in [3.63, 3.8) is 0 Å². The quantitative estimate of drug-likeness (QED) is 0.0700. The summed E-state index contributed by atoms with van der Waals surface area (Å²) in [5.41, 5.74) is 3.66.